The van der Waals surface area contributed by atoms with Crippen molar-refractivity contribution in [3.8, 4) is 5.75 Å². The summed E-state index contributed by atoms with van der Waals surface area (Å²) in [6.45, 7) is 13.7. The quantitative estimate of drug-likeness (QED) is 0.467. The van der Waals surface area contributed by atoms with Gasteiger partial charge in [0.1, 0.15) is 11.4 Å². The molecule has 172 valence electrons. The number of rotatable bonds is 3. The molecule has 33 heavy (non-hydrogen) atoms. The fourth-order valence-electron chi connectivity index (χ4n) is 4.10. The second-order valence-corrected chi connectivity index (χ2v) is 10.6. The standard InChI is InChI=1S/C26H30N4O3/c1-15-23(33)27-24-29(19-10-8-9-11-20(19)30(24)28-15)14-21(31)16-12-17(25(2,3)4)22(32)18(13-16)26(5,6)7/h8-13,32H,14H2,1-7H3. The maximum Gasteiger partial charge on any atom is 0.296 e. The Morgan fingerprint density at radius 1 is 0.970 bits per heavy atom. The van der Waals surface area contributed by atoms with Crippen molar-refractivity contribution >= 4 is 22.6 Å². The highest BCUT2D eigenvalue weighted by Gasteiger charge is 2.28. The Morgan fingerprint density at radius 2 is 1.52 bits per heavy atom. The Morgan fingerprint density at radius 3 is 2.06 bits per heavy atom. The lowest BCUT2D eigenvalue weighted by Gasteiger charge is -2.28. The van der Waals surface area contributed by atoms with Gasteiger partial charge in [0, 0.05) is 16.7 Å². The Kier molecular flexibility index (Phi) is 5.19. The largest absolute Gasteiger partial charge is 0.507 e. The van der Waals surface area contributed by atoms with Crippen LogP contribution in [0.1, 0.15) is 68.7 Å². The summed E-state index contributed by atoms with van der Waals surface area (Å²) in [6, 6.07) is 11.1. The fourth-order valence-corrected chi connectivity index (χ4v) is 4.10. The first-order chi connectivity index (χ1) is 15.3. The molecule has 2 aromatic carbocycles. The third kappa shape index (κ3) is 3.92. The van der Waals surface area contributed by atoms with Gasteiger partial charge in [0.2, 0.25) is 5.78 Å². The number of benzene rings is 2. The molecule has 0 fully saturated rings. The molecule has 0 aliphatic carbocycles. The van der Waals surface area contributed by atoms with Crippen molar-refractivity contribution in [3.05, 3.63) is 69.1 Å². The summed E-state index contributed by atoms with van der Waals surface area (Å²) in [5.41, 5.74) is 2.70. The van der Waals surface area contributed by atoms with Crippen molar-refractivity contribution in [2.45, 2.75) is 65.8 Å². The Hall–Kier alpha value is -3.48. The normalized spacial score (nSPS) is 12.6. The number of aryl methyl sites for hydroxylation is 1. The lowest BCUT2D eigenvalue weighted by atomic mass is 9.78. The van der Waals surface area contributed by atoms with Crippen molar-refractivity contribution in [1.82, 2.24) is 19.2 Å². The van der Waals surface area contributed by atoms with Gasteiger partial charge in [-0.1, -0.05) is 53.7 Å². The molecule has 4 rings (SSSR count). The van der Waals surface area contributed by atoms with E-state index in [9.17, 15) is 14.7 Å². The number of phenols is 1. The summed E-state index contributed by atoms with van der Waals surface area (Å²) in [6.07, 6.45) is 0. The molecule has 2 heterocycles. The molecule has 2 aromatic heterocycles. The summed E-state index contributed by atoms with van der Waals surface area (Å²) < 4.78 is 3.34. The zero-order valence-electron chi connectivity index (χ0n) is 20.2. The number of aromatic nitrogens is 4. The van der Waals surface area contributed by atoms with Gasteiger partial charge in [0.05, 0.1) is 17.6 Å². The molecule has 0 spiro atoms. The number of Topliss-reactive ketones (excluding diaryl/α,β-unsaturated/α-hetero) is 1. The Labute approximate surface area is 192 Å². The summed E-state index contributed by atoms with van der Waals surface area (Å²) in [5, 5.41) is 15.4. The van der Waals surface area contributed by atoms with Crippen molar-refractivity contribution in [2.75, 3.05) is 0 Å². The van der Waals surface area contributed by atoms with E-state index in [0.29, 0.717) is 17.0 Å². The molecule has 0 aliphatic rings. The SMILES string of the molecule is Cc1nn2c3ccccc3n(CC(=O)c3cc(C(C)(C)C)c(O)c(C(C)(C)C)c3)c2nc1=O. The Balaban J connectivity index is 1.90. The van der Waals surface area contributed by atoms with E-state index in [0.717, 1.165) is 22.2 Å². The zero-order chi connectivity index (χ0) is 24.3. The van der Waals surface area contributed by atoms with E-state index in [1.165, 1.54) is 0 Å². The topological polar surface area (TPSA) is 89.5 Å². The average Bonchev–Trinajstić information content (AvgIpc) is 2.99. The molecule has 7 heteroatoms. The number of carbonyl (C=O) groups is 1. The highest BCUT2D eigenvalue weighted by molar-refractivity contribution is 5.98. The van der Waals surface area contributed by atoms with Crippen LogP contribution in [0.5, 0.6) is 5.75 Å². The van der Waals surface area contributed by atoms with Crippen LogP contribution in [-0.4, -0.2) is 30.1 Å². The predicted octanol–water partition coefficient (Wildman–Crippen LogP) is 4.54. The van der Waals surface area contributed by atoms with E-state index in [4.69, 9.17) is 0 Å². The van der Waals surface area contributed by atoms with Crippen molar-refractivity contribution in [2.24, 2.45) is 0 Å². The first-order valence-electron chi connectivity index (χ1n) is 11.0. The molecule has 0 aliphatic heterocycles. The van der Waals surface area contributed by atoms with Gasteiger partial charge in [-0.3, -0.25) is 9.59 Å². The van der Waals surface area contributed by atoms with Gasteiger partial charge in [-0.25, -0.2) is 0 Å². The van der Waals surface area contributed by atoms with E-state index < -0.39 is 5.56 Å². The molecule has 0 bridgehead atoms. The van der Waals surface area contributed by atoms with Gasteiger partial charge in [-0.15, -0.1) is 0 Å². The van der Waals surface area contributed by atoms with Gasteiger partial charge in [0.15, 0.2) is 5.78 Å². The summed E-state index contributed by atoms with van der Waals surface area (Å²) in [5.74, 6) is 0.423. The number of hydrogen-bond acceptors (Lipinski definition) is 5. The minimum Gasteiger partial charge on any atom is -0.507 e. The number of para-hydroxylation sites is 2. The minimum absolute atomic E-state index is 0.00780. The van der Waals surface area contributed by atoms with E-state index in [1.807, 2.05) is 65.8 Å². The number of hydrogen-bond donors (Lipinski definition) is 1. The van der Waals surface area contributed by atoms with Crippen LogP contribution in [-0.2, 0) is 17.4 Å². The van der Waals surface area contributed by atoms with Gasteiger partial charge < -0.3 is 9.67 Å². The second-order valence-electron chi connectivity index (χ2n) is 10.6. The summed E-state index contributed by atoms with van der Waals surface area (Å²) in [4.78, 5) is 30.0. The van der Waals surface area contributed by atoms with E-state index in [1.54, 1.807) is 28.1 Å². The van der Waals surface area contributed by atoms with Crippen LogP contribution in [0.25, 0.3) is 16.8 Å². The van der Waals surface area contributed by atoms with Gasteiger partial charge in [-0.2, -0.15) is 14.6 Å². The van der Waals surface area contributed by atoms with Crippen molar-refractivity contribution in [1.29, 1.82) is 0 Å². The number of nitrogens with zero attached hydrogens (tertiary/aromatic N) is 4. The third-order valence-corrected chi connectivity index (χ3v) is 5.94. The fraction of sp³-hybridized carbons (Fsp3) is 0.385. The molecule has 1 N–H and O–H groups in total. The first kappa shape index (κ1) is 22.7. The van der Waals surface area contributed by atoms with Crippen LogP contribution in [0.15, 0.2) is 41.2 Å². The molecule has 0 saturated carbocycles. The van der Waals surface area contributed by atoms with Gasteiger partial charge in [0.25, 0.3) is 5.56 Å². The molecule has 7 nitrogen and oxygen atoms in total. The number of imidazole rings is 1. The lowest BCUT2D eigenvalue weighted by molar-refractivity contribution is 0.0974. The lowest BCUT2D eigenvalue weighted by Crippen LogP contribution is -2.21. The number of carbonyl (C=O) groups excluding carboxylic acids is 1. The molecule has 0 radical (unpaired) electrons. The van der Waals surface area contributed by atoms with E-state index >= 15 is 0 Å². The molecule has 0 saturated heterocycles. The predicted molar refractivity (Wildman–Crippen MR) is 129 cm³/mol. The van der Waals surface area contributed by atoms with Crippen LogP contribution < -0.4 is 5.56 Å². The van der Waals surface area contributed by atoms with Crippen molar-refractivity contribution in [3.63, 3.8) is 0 Å². The van der Waals surface area contributed by atoms with Crippen LogP contribution in [0.2, 0.25) is 0 Å². The summed E-state index contributed by atoms with van der Waals surface area (Å²) in [7, 11) is 0. The maximum atomic E-state index is 13.6. The molecular weight excluding hydrogens is 416 g/mol. The molecule has 0 unspecified atom stereocenters. The van der Waals surface area contributed by atoms with Gasteiger partial charge in [-0.05, 0) is 42.0 Å². The number of phenolic OH excluding ortho intramolecular Hbond substituents is 1. The van der Waals surface area contributed by atoms with Crippen LogP contribution >= 0.6 is 0 Å². The van der Waals surface area contributed by atoms with E-state index in [2.05, 4.69) is 10.1 Å². The van der Waals surface area contributed by atoms with Crippen molar-refractivity contribution < 1.29 is 9.90 Å². The van der Waals surface area contributed by atoms with Crippen LogP contribution in [0.4, 0.5) is 0 Å². The zero-order valence-corrected chi connectivity index (χ0v) is 20.2. The third-order valence-electron chi connectivity index (χ3n) is 5.94. The summed E-state index contributed by atoms with van der Waals surface area (Å²) >= 11 is 0. The number of ketones is 1. The average molecular weight is 447 g/mol. The molecular formula is C26H30N4O3. The highest BCUT2D eigenvalue weighted by atomic mass is 16.3. The van der Waals surface area contributed by atoms with E-state index in [-0.39, 0.29) is 28.9 Å². The Bertz CT molecular complexity index is 1430. The maximum absolute atomic E-state index is 13.6. The molecule has 4 aromatic rings. The number of fused-ring (bicyclic) bond motifs is 3. The number of aromatic hydroxyl groups is 1. The second kappa shape index (κ2) is 7.54. The monoisotopic (exact) mass is 446 g/mol. The highest BCUT2D eigenvalue weighted by Crippen LogP contribution is 2.40. The van der Waals surface area contributed by atoms with Crippen LogP contribution in [0.3, 0.4) is 0 Å². The first-order valence-corrected chi connectivity index (χ1v) is 11.0. The van der Waals surface area contributed by atoms with Gasteiger partial charge >= 0.3 is 0 Å². The van der Waals surface area contributed by atoms with Crippen LogP contribution in [0, 0.1) is 6.92 Å². The smallest absolute Gasteiger partial charge is 0.296 e. The minimum atomic E-state index is -0.416. The molecule has 0 atom stereocenters. The molecule has 0 amide bonds.